The molecular weight excluding hydrogens is 298 g/mol. The van der Waals surface area contributed by atoms with Crippen LogP contribution in [-0.2, 0) is 11.3 Å². The van der Waals surface area contributed by atoms with Crippen LogP contribution in [0.3, 0.4) is 0 Å². The van der Waals surface area contributed by atoms with Gasteiger partial charge in [-0.1, -0.05) is 54.1 Å². The van der Waals surface area contributed by atoms with Crippen LogP contribution < -0.4 is 0 Å². The number of carbonyl (C=O) groups excluding carboxylic acids is 1. The minimum Gasteiger partial charge on any atom is -0.445 e. The highest BCUT2D eigenvalue weighted by molar-refractivity contribution is 6.30. The first kappa shape index (κ1) is 14.9. The lowest BCUT2D eigenvalue weighted by Crippen LogP contribution is -2.31. The van der Waals surface area contributed by atoms with Gasteiger partial charge in [-0.2, -0.15) is 0 Å². The Morgan fingerprint density at radius 2 is 1.86 bits per heavy atom. The number of rotatable bonds is 3. The zero-order valence-electron chi connectivity index (χ0n) is 12.2. The van der Waals surface area contributed by atoms with Gasteiger partial charge in [-0.05, 0) is 36.1 Å². The van der Waals surface area contributed by atoms with Gasteiger partial charge in [0.1, 0.15) is 6.61 Å². The van der Waals surface area contributed by atoms with Crippen LogP contribution in [0.25, 0.3) is 0 Å². The Morgan fingerprint density at radius 1 is 1.14 bits per heavy atom. The molecule has 0 radical (unpaired) electrons. The van der Waals surface area contributed by atoms with Gasteiger partial charge in [0.2, 0.25) is 0 Å². The molecule has 1 aliphatic rings. The molecule has 2 aromatic carbocycles. The highest BCUT2D eigenvalue weighted by Crippen LogP contribution is 2.33. The van der Waals surface area contributed by atoms with Gasteiger partial charge in [-0.3, -0.25) is 0 Å². The molecule has 0 N–H and O–H groups in total. The van der Waals surface area contributed by atoms with Gasteiger partial charge in [0.05, 0.1) is 6.04 Å². The molecule has 4 heteroatoms. The zero-order valence-corrected chi connectivity index (χ0v) is 13.0. The van der Waals surface area contributed by atoms with Crippen LogP contribution in [0.2, 0.25) is 5.02 Å². The number of hydrogen-bond donors (Lipinski definition) is 0. The second-order valence-corrected chi connectivity index (χ2v) is 5.88. The quantitative estimate of drug-likeness (QED) is 0.813. The Bertz CT molecular complexity index is 627. The Balaban J connectivity index is 1.65. The van der Waals surface area contributed by atoms with Crippen molar-refractivity contribution in [2.45, 2.75) is 25.5 Å². The number of benzene rings is 2. The van der Waals surface area contributed by atoms with Crippen molar-refractivity contribution in [3.63, 3.8) is 0 Å². The molecule has 0 aromatic heterocycles. The fraction of sp³-hybridized carbons (Fsp3) is 0.278. The SMILES string of the molecule is O=C(OCc1ccccc1)N1CCCC1c1ccc(Cl)cc1. The van der Waals surface area contributed by atoms with E-state index in [1.165, 1.54) is 0 Å². The molecule has 2 aromatic rings. The summed E-state index contributed by atoms with van der Waals surface area (Å²) in [5.41, 5.74) is 2.11. The fourth-order valence-electron chi connectivity index (χ4n) is 2.82. The highest BCUT2D eigenvalue weighted by atomic mass is 35.5. The standard InChI is InChI=1S/C18H18ClNO2/c19-16-10-8-15(9-11-16)17-7-4-12-20(17)18(21)22-13-14-5-2-1-3-6-14/h1-3,5-6,8-11,17H,4,7,12-13H2. The van der Waals surface area contributed by atoms with Crippen molar-refractivity contribution in [2.24, 2.45) is 0 Å². The molecule has 1 aliphatic heterocycles. The monoisotopic (exact) mass is 315 g/mol. The van der Waals surface area contributed by atoms with Crippen molar-refractivity contribution in [2.75, 3.05) is 6.54 Å². The molecule has 114 valence electrons. The molecular formula is C18H18ClNO2. The van der Waals surface area contributed by atoms with E-state index in [2.05, 4.69) is 0 Å². The average Bonchev–Trinajstić information content (AvgIpc) is 3.04. The van der Waals surface area contributed by atoms with E-state index >= 15 is 0 Å². The lowest BCUT2D eigenvalue weighted by Gasteiger charge is -2.24. The second kappa shape index (κ2) is 6.84. The third-order valence-electron chi connectivity index (χ3n) is 3.95. The first-order chi connectivity index (χ1) is 10.7. The summed E-state index contributed by atoms with van der Waals surface area (Å²) in [7, 11) is 0. The Labute approximate surface area is 135 Å². The number of carbonyl (C=O) groups is 1. The first-order valence-corrected chi connectivity index (χ1v) is 7.84. The van der Waals surface area contributed by atoms with Crippen LogP contribution in [0.15, 0.2) is 54.6 Å². The number of halogens is 1. The molecule has 0 saturated carbocycles. The summed E-state index contributed by atoms with van der Waals surface area (Å²) >= 11 is 5.93. The first-order valence-electron chi connectivity index (χ1n) is 7.47. The molecule has 1 unspecified atom stereocenters. The van der Waals surface area contributed by atoms with Crippen molar-refractivity contribution < 1.29 is 9.53 Å². The fourth-order valence-corrected chi connectivity index (χ4v) is 2.94. The van der Waals surface area contributed by atoms with Crippen molar-refractivity contribution >= 4 is 17.7 Å². The Hall–Kier alpha value is -2.00. The molecule has 1 fully saturated rings. The molecule has 3 nitrogen and oxygen atoms in total. The molecule has 3 rings (SSSR count). The van der Waals surface area contributed by atoms with Crippen LogP contribution in [0.5, 0.6) is 0 Å². The van der Waals surface area contributed by atoms with Crippen LogP contribution in [0, 0.1) is 0 Å². The van der Waals surface area contributed by atoms with E-state index in [4.69, 9.17) is 16.3 Å². The molecule has 0 spiro atoms. The maximum Gasteiger partial charge on any atom is 0.410 e. The predicted octanol–water partition coefficient (Wildman–Crippen LogP) is 4.81. The van der Waals surface area contributed by atoms with E-state index in [1.54, 1.807) is 0 Å². The van der Waals surface area contributed by atoms with Crippen molar-refractivity contribution in [3.8, 4) is 0 Å². The molecule has 1 saturated heterocycles. The summed E-state index contributed by atoms with van der Waals surface area (Å²) in [4.78, 5) is 14.2. The van der Waals surface area contributed by atoms with Crippen LogP contribution in [-0.4, -0.2) is 17.5 Å². The van der Waals surface area contributed by atoms with E-state index in [1.807, 2.05) is 59.5 Å². The third-order valence-corrected chi connectivity index (χ3v) is 4.20. The number of ether oxygens (including phenoxy) is 1. The normalized spacial score (nSPS) is 17.5. The van der Waals surface area contributed by atoms with Gasteiger partial charge in [0, 0.05) is 11.6 Å². The van der Waals surface area contributed by atoms with Gasteiger partial charge in [-0.15, -0.1) is 0 Å². The number of amides is 1. The van der Waals surface area contributed by atoms with Gasteiger partial charge < -0.3 is 9.64 Å². The van der Waals surface area contributed by atoms with Crippen LogP contribution in [0.4, 0.5) is 4.79 Å². The summed E-state index contributed by atoms with van der Waals surface area (Å²) in [5.74, 6) is 0. The van der Waals surface area contributed by atoms with Gasteiger partial charge >= 0.3 is 6.09 Å². The molecule has 1 amide bonds. The van der Waals surface area contributed by atoms with E-state index < -0.39 is 0 Å². The van der Waals surface area contributed by atoms with Crippen molar-refractivity contribution in [3.05, 3.63) is 70.7 Å². The van der Waals surface area contributed by atoms with E-state index in [0.29, 0.717) is 11.6 Å². The number of hydrogen-bond acceptors (Lipinski definition) is 2. The highest BCUT2D eigenvalue weighted by Gasteiger charge is 2.30. The van der Waals surface area contributed by atoms with Gasteiger partial charge in [0.15, 0.2) is 0 Å². The molecule has 0 bridgehead atoms. The summed E-state index contributed by atoms with van der Waals surface area (Å²) in [5, 5.41) is 0.708. The molecule has 1 heterocycles. The maximum atomic E-state index is 12.3. The average molecular weight is 316 g/mol. The predicted molar refractivity (Wildman–Crippen MR) is 86.8 cm³/mol. The minimum atomic E-state index is -0.249. The molecule has 1 atom stereocenters. The minimum absolute atomic E-state index is 0.0838. The van der Waals surface area contributed by atoms with E-state index in [0.717, 1.165) is 30.5 Å². The largest absolute Gasteiger partial charge is 0.445 e. The van der Waals surface area contributed by atoms with Crippen LogP contribution >= 0.6 is 11.6 Å². The summed E-state index contributed by atoms with van der Waals surface area (Å²) in [6.07, 6.45) is 1.71. The Morgan fingerprint density at radius 3 is 2.59 bits per heavy atom. The number of nitrogens with zero attached hydrogens (tertiary/aromatic N) is 1. The van der Waals surface area contributed by atoms with Gasteiger partial charge in [0.25, 0.3) is 0 Å². The lowest BCUT2D eigenvalue weighted by atomic mass is 10.1. The summed E-state index contributed by atoms with van der Waals surface area (Å²) in [6, 6.07) is 17.5. The summed E-state index contributed by atoms with van der Waals surface area (Å²) < 4.78 is 5.45. The zero-order chi connectivity index (χ0) is 15.4. The molecule has 22 heavy (non-hydrogen) atoms. The maximum absolute atomic E-state index is 12.3. The van der Waals surface area contributed by atoms with E-state index in [-0.39, 0.29) is 12.1 Å². The molecule has 0 aliphatic carbocycles. The van der Waals surface area contributed by atoms with Crippen LogP contribution in [0.1, 0.15) is 30.0 Å². The third kappa shape index (κ3) is 3.42. The summed E-state index contributed by atoms with van der Waals surface area (Å²) in [6.45, 7) is 1.05. The van der Waals surface area contributed by atoms with Crippen molar-refractivity contribution in [1.82, 2.24) is 4.90 Å². The Kier molecular flexibility index (Phi) is 4.64. The van der Waals surface area contributed by atoms with E-state index in [9.17, 15) is 4.79 Å². The lowest BCUT2D eigenvalue weighted by molar-refractivity contribution is 0.0921. The van der Waals surface area contributed by atoms with Crippen molar-refractivity contribution in [1.29, 1.82) is 0 Å². The smallest absolute Gasteiger partial charge is 0.410 e. The topological polar surface area (TPSA) is 29.5 Å². The second-order valence-electron chi connectivity index (χ2n) is 5.44. The number of likely N-dealkylation sites (tertiary alicyclic amines) is 1. The van der Waals surface area contributed by atoms with Gasteiger partial charge in [-0.25, -0.2) is 4.79 Å².